The molecule has 0 bridgehead atoms. The Morgan fingerprint density at radius 2 is 0.791 bits per heavy atom. The highest BCUT2D eigenvalue weighted by Crippen LogP contribution is 2.41. The first kappa shape index (κ1) is 87.4. The van der Waals surface area contributed by atoms with Gasteiger partial charge in [-0.15, -0.1) is 0 Å². The van der Waals surface area contributed by atoms with E-state index in [2.05, 4.69) is 161 Å². The number of benzene rings is 6. The van der Waals surface area contributed by atoms with Crippen molar-refractivity contribution in [2.75, 3.05) is 76.5 Å². The predicted molar refractivity (Wildman–Crippen MR) is 469 cm³/mol. The van der Waals surface area contributed by atoms with Gasteiger partial charge in [-0.25, -0.2) is 49.4 Å². The van der Waals surface area contributed by atoms with Gasteiger partial charge in [0, 0.05) is 93.7 Å². The van der Waals surface area contributed by atoms with E-state index in [1.165, 1.54) is 11.6 Å². The number of rotatable bonds is 41. The fraction of sp³-hybridized carbons (Fsp3) is 0.407. The normalized spacial score (nSPS) is 11.4. The number of pyridine rings is 3. The second kappa shape index (κ2) is 43.6. The number of phosphoric ester groups is 1. The molecule has 0 radical (unpaired) electrons. The summed E-state index contributed by atoms with van der Waals surface area (Å²) in [6.45, 7) is 17.7. The molecular formula is C86H104N15O10PS3. The largest absolute Gasteiger partial charge is 0.524 e. The Bertz CT molecular complexity index is 5540. The van der Waals surface area contributed by atoms with Crippen LogP contribution in [0.2, 0.25) is 0 Å². The Morgan fingerprint density at radius 1 is 0.426 bits per heavy atom. The molecule has 12 aromatic rings. The maximum Gasteiger partial charge on any atom is 0.524 e. The van der Waals surface area contributed by atoms with E-state index in [1.807, 2.05) is 37.3 Å². The van der Waals surface area contributed by atoms with Crippen LogP contribution in [-0.4, -0.2) is 143 Å². The molecule has 0 aliphatic carbocycles. The summed E-state index contributed by atoms with van der Waals surface area (Å²) in [4.78, 5) is 58.9. The van der Waals surface area contributed by atoms with E-state index in [4.69, 9.17) is 60.9 Å². The molecule has 11 N–H and O–H groups in total. The van der Waals surface area contributed by atoms with Crippen LogP contribution in [0.4, 0.5) is 17.5 Å². The Kier molecular flexibility index (Phi) is 33.2. The molecule has 0 fully saturated rings. The van der Waals surface area contributed by atoms with E-state index in [9.17, 15) is 29.7 Å². The second-order valence-corrected chi connectivity index (χ2v) is 30.2. The van der Waals surface area contributed by atoms with Crippen LogP contribution in [0.15, 0.2) is 124 Å². The Labute approximate surface area is 686 Å². The van der Waals surface area contributed by atoms with E-state index >= 15 is 0 Å². The van der Waals surface area contributed by atoms with Crippen molar-refractivity contribution in [3.05, 3.63) is 171 Å². The van der Waals surface area contributed by atoms with Gasteiger partial charge < -0.3 is 65.0 Å². The minimum Gasteiger partial charge on any atom is -0.508 e. The zero-order valence-electron chi connectivity index (χ0n) is 66.2. The van der Waals surface area contributed by atoms with Crippen molar-refractivity contribution >= 4 is 143 Å². The summed E-state index contributed by atoms with van der Waals surface area (Å²) < 4.78 is 39.8. The fourth-order valence-electron chi connectivity index (χ4n) is 14.0. The van der Waals surface area contributed by atoms with Gasteiger partial charge in [0.15, 0.2) is 29.0 Å². The van der Waals surface area contributed by atoms with Crippen molar-refractivity contribution < 1.29 is 48.4 Å². The van der Waals surface area contributed by atoms with E-state index in [-0.39, 0.29) is 17.2 Å². The van der Waals surface area contributed by atoms with E-state index in [0.29, 0.717) is 124 Å². The summed E-state index contributed by atoms with van der Waals surface area (Å²) in [5.74, 6) is 4.27. The molecule has 0 aliphatic rings. The number of hydrogen-bond acceptors (Lipinski definition) is 23. The van der Waals surface area contributed by atoms with Gasteiger partial charge in [-0.3, -0.25) is 9.79 Å². The summed E-state index contributed by atoms with van der Waals surface area (Å²) in [7, 11) is -4.64. The molecule has 6 aromatic carbocycles. The highest BCUT2D eigenvalue weighted by atomic mass is 32.1. The van der Waals surface area contributed by atoms with Crippen LogP contribution in [0.25, 0.3) is 65.8 Å². The average molecular weight is 1640 g/mol. The van der Waals surface area contributed by atoms with Gasteiger partial charge in [-0.2, -0.15) is 0 Å². The Balaban J connectivity index is 0.000000183. The van der Waals surface area contributed by atoms with E-state index in [0.717, 1.165) is 216 Å². The van der Waals surface area contributed by atoms with Gasteiger partial charge in [0.1, 0.15) is 45.5 Å². The first-order chi connectivity index (χ1) is 55.7. The number of phenolic OH excluding ortho intramolecular Hbond substituents is 3. The molecule has 25 nitrogen and oxygen atoms in total. The van der Waals surface area contributed by atoms with Crippen molar-refractivity contribution in [2.24, 2.45) is 15.0 Å². The van der Waals surface area contributed by atoms with Crippen molar-refractivity contribution in [2.45, 2.75) is 170 Å². The highest BCUT2D eigenvalue weighted by molar-refractivity contribution is 7.78. The van der Waals surface area contributed by atoms with Gasteiger partial charge in [0.2, 0.25) is 0 Å². The highest BCUT2D eigenvalue weighted by Gasteiger charge is 2.24. The quantitative estimate of drug-likeness (QED) is 0.00580. The third-order valence-corrected chi connectivity index (χ3v) is 20.6. The lowest BCUT2D eigenvalue weighted by molar-refractivity contribution is 0.131. The first-order valence-electron chi connectivity index (χ1n) is 39.4. The van der Waals surface area contributed by atoms with Crippen molar-refractivity contribution in [1.82, 2.24) is 43.6 Å². The molecule has 6 heterocycles. The molecule has 0 saturated carbocycles. The summed E-state index contributed by atoms with van der Waals surface area (Å²) in [6, 6.07) is 35.0. The maximum absolute atomic E-state index is 11.3. The van der Waals surface area contributed by atoms with Gasteiger partial charge in [-0.1, -0.05) is 113 Å². The van der Waals surface area contributed by atoms with Crippen LogP contribution in [0.5, 0.6) is 23.0 Å². The van der Waals surface area contributed by atoms with Crippen LogP contribution in [0.1, 0.15) is 160 Å². The number of aryl methyl sites for hydroxylation is 8. The van der Waals surface area contributed by atoms with E-state index < -0.39 is 7.82 Å². The van der Waals surface area contributed by atoms with Crippen LogP contribution in [0, 0.1) is 13.8 Å². The molecule has 606 valence electrons. The molecule has 0 spiro atoms. The van der Waals surface area contributed by atoms with Gasteiger partial charge in [0.05, 0.1) is 74.8 Å². The number of nitrogens with zero attached hydrogens (tertiary/aromatic N) is 12. The average Bonchev–Trinajstić information content (AvgIpc) is 1.63. The number of unbranched alkanes of at least 4 members (excludes halogenated alkanes) is 3. The van der Waals surface area contributed by atoms with Gasteiger partial charge in [0.25, 0.3) is 0 Å². The van der Waals surface area contributed by atoms with Crippen LogP contribution >= 0.6 is 44.5 Å². The number of imidazole rings is 3. The molecule has 0 amide bonds. The number of aromatic nitrogens is 9. The number of nitrogens with two attached hydrogens (primary N) is 3. The summed E-state index contributed by atoms with van der Waals surface area (Å²) in [5, 5.41) is 40.6. The van der Waals surface area contributed by atoms with Crippen molar-refractivity contribution in [3.8, 4) is 23.0 Å². The van der Waals surface area contributed by atoms with Gasteiger partial charge >= 0.3 is 7.82 Å². The number of thiocarbonyl (C=S) groups is 3. The summed E-state index contributed by atoms with van der Waals surface area (Å²) in [6.07, 6.45) is 16.5. The number of nitrogen functional groups attached to an aromatic ring is 3. The molecule has 29 heteroatoms. The number of aromatic hydroxyl groups is 3. The zero-order valence-corrected chi connectivity index (χ0v) is 69.5. The number of para-hydroxylation sites is 1. The number of hydrogen-bond donors (Lipinski definition) is 8. The molecule has 0 unspecified atom stereocenters. The number of fused-ring (bicyclic) bond motifs is 9. The van der Waals surface area contributed by atoms with Crippen molar-refractivity contribution in [3.63, 3.8) is 0 Å². The standard InChI is InChI=1S/C29H36N5O5PS.C29H35N5O2S.C28H33N5O3S/c1-3-4-8-26-33-27-28(34(26)18-22-10-12-25(20(2)16-22)39-40(35,36)37)23-11-9-21(17-24(23)32-29(27)30)7-5-14-38-15-6-13-31-19-41;1-3-4-8-26-33-27-28(34(26)18-22-10-12-25(35)20(2)16-22)23-11-9-21(17-24(23)32-29(27)30)7-5-14-36-15-6-13-31-19-37;1-2-3-10-24-32-25-26(33(24)17-20-8-4-9-23(34)27(20)35)21-12-11-19(16-22(21)31-28(25)29)7-5-14-36-15-6-13-30-18-37/h9-12,16-17H,3-8,13-15,18H2,1-2H3,(H2,30,32)(H2,35,36,37);9-12,16-17,35H,3-8,13-15,18H2,1-2H3,(H2,30,32);4,8-9,11-12,16,34-35H,2-3,5-7,10,13-15,17H2,1H3,(H2,29,31). The molecular weight excluding hydrogens is 1530 g/mol. The van der Waals surface area contributed by atoms with E-state index in [1.54, 1.807) is 25.1 Å². The Hall–Kier alpha value is -10.0. The third kappa shape index (κ3) is 24.1. The fourth-order valence-corrected chi connectivity index (χ4v) is 14.7. The molecule has 0 saturated heterocycles. The lowest BCUT2D eigenvalue weighted by Gasteiger charge is -2.14. The monoisotopic (exact) mass is 1630 g/mol. The molecule has 12 rings (SSSR count). The smallest absolute Gasteiger partial charge is 0.508 e. The van der Waals surface area contributed by atoms with Crippen LogP contribution < -0.4 is 21.7 Å². The summed E-state index contributed by atoms with van der Waals surface area (Å²) >= 11 is 13.7. The number of isothiocyanates is 3. The molecule has 0 aliphatic heterocycles. The topological polar surface area (TPSA) is 362 Å². The summed E-state index contributed by atoms with van der Waals surface area (Å²) in [5.41, 5.74) is 34.5. The lowest BCUT2D eigenvalue weighted by Crippen LogP contribution is -2.06. The lowest BCUT2D eigenvalue weighted by atomic mass is 10.1. The Morgan fingerprint density at radius 3 is 1.16 bits per heavy atom. The first-order valence-corrected chi connectivity index (χ1v) is 42.2. The SMILES string of the molecule is CCCCc1nc2c(N)nc3cc(CCCOCCCN=C=S)ccc3c2n1Cc1ccc(O)c(C)c1.CCCCc1nc2c(N)nc3cc(CCCOCCCN=C=S)ccc3c2n1Cc1ccc(OP(=O)(O)O)c(C)c1.CCCCc1nc2c(N)nc3cc(CCCOCCCN=C=S)ccc3c2n1Cc1cccc(O)c1O. The van der Waals surface area contributed by atoms with Crippen molar-refractivity contribution in [1.29, 1.82) is 0 Å². The number of phosphoric acid groups is 1. The number of ether oxygens (including phenoxy) is 3. The molecule has 6 aromatic heterocycles. The van der Waals surface area contributed by atoms with Gasteiger partial charge in [-0.05, 0) is 203 Å². The zero-order chi connectivity index (χ0) is 81.8. The number of aliphatic imine (C=N–C) groups is 3. The minimum absolute atomic E-state index is 0.118. The third-order valence-electron chi connectivity index (χ3n) is 19.8. The molecule has 115 heavy (non-hydrogen) atoms. The minimum atomic E-state index is -4.64. The van der Waals surface area contributed by atoms with Crippen LogP contribution in [-0.2, 0) is 76.9 Å². The number of anilines is 3. The number of phenols is 3. The molecule has 0 atom stereocenters. The second-order valence-electron chi connectivity index (χ2n) is 28.5. The predicted octanol–water partition coefficient (Wildman–Crippen LogP) is 17.2. The maximum atomic E-state index is 11.3. The van der Waals surface area contributed by atoms with Crippen LogP contribution in [0.3, 0.4) is 0 Å².